The standard InChI is InChI=1S/C9H16N2S2/c10-5-3-1-2-4-7-12-9-11-6-8-13-9/h6,8H,1-5,7,10H2. The van der Waals surface area contributed by atoms with Crippen molar-refractivity contribution in [3.8, 4) is 0 Å². The average Bonchev–Trinajstić information content (AvgIpc) is 2.63. The molecule has 1 rings (SSSR count). The number of nitrogens with zero attached hydrogens (tertiary/aromatic N) is 1. The predicted octanol–water partition coefficient (Wildman–Crippen LogP) is 2.75. The van der Waals surface area contributed by atoms with Crippen LogP contribution >= 0.6 is 23.1 Å². The van der Waals surface area contributed by atoms with Crippen LogP contribution in [0.15, 0.2) is 15.9 Å². The van der Waals surface area contributed by atoms with E-state index in [-0.39, 0.29) is 0 Å². The maximum absolute atomic E-state index is 5.41. The van der Waals surface area contributed by atoms with Crippen molar-refractivity contribution in [3.63, 3.8) is 0 Å². The van der Waals surface area contributed by atoms with Crippen molar-refractivity contribution in [2.75, 3.05) is 12.3 Å². The number of hydrogen-bond donors (Lipinski definition) is 1. The van der Waals surface area contributed by atoms with E-state index in [1.807, 2.05) is 23.3 Å². The number of nitrogens with two attached hydrogens (primary N) is 1. The summed E-state index contributed by atoms with van der Waals surface area (Å²) in [4.78, 5) is 4.21. The van der Waals surface area contributed by atoms with E-state index in [1.54, 1.807) is 11.3 Å². The van der Waals surface area contributed by atoms with Crippen LogP contribution in [0, 0.1) is 0 Å². The fourth-order valence-corrected chi connectivity index (χ4v) is 2.75. The minimum Gasteiger partial charge on any atom is -0.330 e. The zero-order chi connectivity index (χ0) is 9.36. The van der Waals surface area contributed by atoms with Gasteiger partial charge >= 0.3 is 0 Å². The van der Waals surface area contributed by atoms with Crippen LogP contribution in [-0.4, -0.2) is 17.3 Å². The molecule has 0 radical (unpaired) electrons. The normalized spacial score (nSPS) is 10.5. The molecule has 74 valence electrons. The van der Waals surface area contributed by atoms with Crippen molar-refractivity contribution in [1.82, 2.24) is 4.98 Å². The summed E-state index contributed by atoms with van der Waals surface area (Å²) >= 11 is 3.58. The molecule has 0 unspecified atom stereocenters. The molecule has 1 heterocycles. The molecule has 0 saturated carbocycles. The molecule has 0 aliphatic rings. The SMILES string of the molecule is NCCCCCCSc1nccs1. The fourth-order valence-electron chi connectivity index (χ4n) is 1.04. The maximum Gasteiger partial charge on any atom is 0.149 e. The number of thioether (sulfide) groups is 1. The van der Waals surface area contributed by atoms with Gasteiger partial charge in [0.2, 0.25) is 0 Å². The molecule has 2 N–H and O–H groups in total. The van der Waals surface area contributed by atoms with Crippen LogP contribution in [0.4, 0.5) is 0 Å². The zero-order valence-corrected chi connectivity index (χ0v) is 9.37. The van der Waals surface area contributed by atoms with Crippen molar-refractivity contribution in [3.05, 3.63) is 11.6 Å². The first-order valence-electron chi connectivity index (χ1n) is 4.66. The Labute approximate surface area is 87.9 Å². The van der Waals surface area contributed by atoms with Gasteiger partial charge in [-0.15, -0.1) is 11.3 Å². The van der Waals surface area contributed by atoms with Gasteiger partial charge in [-0.1, -0.05) is 24.6 Å². The number of hydrogen-bond acceptors (Lipinski definition) is 4. The summed E-state index contributed by atoms with van der Waals surface area (Å²) in [7, 11) is 0. The van der Waals surface area contributed by atoms with Gasteiger partial charge in [0, 0.05) is 17.3 Å². The predicted molar refractivity (Wildman–Crippen MR) is 60.4 cm³/mol. The van der Waals surface area contributed by atoms with Crippen molar-refractivity contribution < 1.29 is 0 Å². The summed E-state index contributed by atoms with van der Waals surface area (Å²) in [5.74, 6) is 1.19. The summed E-state index contributed by atoms with van der Waals surface area (Å²) in [6.07, 6.45) is 6.89. The van der Waals surface area contributed by atoms with Gasteiger partial charge in [-0.3, -0.25) is 0 Å². The third-order valence-corrected chi connectivity index (χ3v) is 3.79. The van der Waals surface area contributed by atoms with E-state index < -0.39 is 0 Å². The first-order chi connectivity index (χ1) is 6.43. The van der Waals surface area contributed by atoms with Crippen LogP contribution in [-0.2, 0) is 0 Å². The molecule has 0 bridgehead atoms. The molecule has 0 spiro atoms. The molecule has 0 aromatic carbocycles. The molecule has 1 aromatic rings. The van der Waals surface area contributed by atoms with Gasteiger partial charge in [0.25, 0.3) is 0 Å². The van der Waals surface area contributed by atoms with E-state index in [2.05, 4.69) is 4.98 Å². The lowest BCUT2D eigenvalue weighted by Crippen LogP contribution is -1.97. The van der Waals surface area contributed by atoms with Crippen LogP contribution < -0.4 is 5.73 Å². The maximum atomic E-state index is 5.41. The fraction of sp³-hybridized carbons (Fsp3) is 0.667. The third kappa shape index (κ3) is 5.29. The topological polar surface area (TPSA) is 38.9 Å². The van der Waals surface area contributed by atoms with E-state index in [1.165, 1.54) is 35.8 Å². The van der Waals surface area contributed by atoms with Crippen molar-refractivity contribution in [2.45, 2.75) is 30.0 Å². The monoisotopic (exact) mass is 216 g/mol. The minimum atomic E-state index is 0.833. The molecule has 2 nitrogen and oxygen atoms in total. The second kappa shape index (κ2) is 7.35. The largest absolute Gasteiger partial charge is 0.330 e. The van der Waals surface area contributed by atoms with Crippen LogP contribution in [0.3, 0.4) is 0 Å². The van der Waals surface area contributed by atoms with Gasteiger partial charge in [-0.05, 0) is 19.4 Å². The molecule has 1 aromatic heterocycles. The van der Waals surface area contributed by atoms with E-state index >= 15 is 0 Å². The van der Waals surface area contributed by atoms with Crippen LogP contribution in [0.5, 0.6) is 0 Å². The second-order valence-electron chi connectivity index (χ2n) is 2.85. The quantitative estimate of drug-likeness (QED) is 0.562. The molecule has 0 fully saturated rings. The summed E-state index contributed by atoms with van der Waals surface area (Å²) in [5.41, 5.74) is 5.41. The van der Waals surface area contributed by atoms with Gasteiger partial charge in [-0.2, -0.15) is 0 Å². The smallest absolute Gasteiger partial charge is 0.149 e. The Morgan fingerprint density at radius 3 is 2.85 bits per heavy atom. The molecule has 0 amide bonds. The molecule has 0 atom stereocenters. The Bertz CT molecular complexity index is 199. The van der Waals surface area contributed by atoms with E-state index in [9.17, 15) is 0 Å². The Morgan fingerprint density at radius 1 is 1.31 bits per heavy atom. The Balaban J connectivity index is 1.90. The van der Waals surface area contributed by atoms with Gasteiger partial charge in [0.05, 0.1) is 0 Å². The Morgan fingerprint density at radius 2 is 2.15 bits per heavy atom. The highest BCUT2D eigenvalue weighted by Gasteiger charge is 1.95. The molecule has 4 heteroatoms. The summed E-state index contributed by atoms with van der Waals surface area (Å²) in [6.45, 7) is 0.833. The van der Waals surface area contributed by atoms with Crippen molar-refractivity contribution >= 4 is 23.1 Å². The van der Waals surface area contributed by atoms with Gasteiger partial charge < -0.3 is 5.73 Å². The van der Waals surface area contributed by atoms with Gasteiger partial charge in [0.15, 0.2) is 0 Å². The lowest BCUT2D eigenvalue weighted by molar-refractivity contribution is 0.678. The summed E-state index contributed by atoms with van der Waals surface area (Å²) in [6, 6.07) is 0. The Kier molecular flexibility index (Phi) is 6.23. The van der Waals surface area contributed by atoms with E-state index in [0.29, 0.717) is 0 Å². The van der Waals surface area contributed by atoms with Crippen molar-refractivity contribution in [1.29, 1.82) is 0 Å². The average molecular weight is 216 g/mol. The Hall–Kier alpha value is -0.0600. The highest BCUT2D eigenvalue weighted by Crippen LogP contribution is 2.21. The number of aromatic nitrogens is 1. The van der Waals surface area contributed by atoms with Gasteiger partial charge in [-0.25, -0.2) is 4.98 Å². The second-order valence-corrected chi connectivity index (χ2v) is 5.09. The molecule has 13 heavy (non-hydrogen) atoms. The van der Waals surface area contributed by atoms with Crippen LogP contribution in [0.1, 0.15) is 25.7 Å². The number of thiazole rings is 1. The summed E-state index contributed by atoms with van der Waals surface area (Å²) < 4.78 is 1.19. The van der Waals surface area contributed by atoms with Crippen LogP contribution in [0.25, 0.3) is 0 Å². The lowest BCUT2D eigenvalue weighted by Gasteiger charge is -1.98. The van der Waals surface area contributed by atoms with Gasteiger partial charge in [0.1, 0.15) is 4.34 Å². The third-order valence-electron chi connectivity index (χ3n) is 1.73. The van der Waals surface area contributed by atoms with E-state index in [0.717, 1.165) is 6.54 Å². The number of rotatable bonds is 7. The van der Waals surface area contributed by atoms with Crippen molar-refractivity contribution in [2.24, 2.45) is 5.73 Å². The van der Waals surface area contributed by atoms with E-state index in [4.69, 9.17) is 5.73 Å². The number of unbranched alkanes of at least 4 members (excludes halogenated alkanes) is 3. The summed E-state index contributed by atoms with van der Waals surface area (Å²) in [5, 5.41) is 2.02. The highest BCUT2D eigenvalue weighted by molar-refractivity contribution is 8.00. The lowest BCUT2D eigenvalue weighted by atomic mass is 10.2. The van der Waals surface area contributed by atoms with Crippen LogP contribution in [0.2, 0.25) is 0 Å². The zero-order valence-electron chi connectivity index (χ0n) is 7.74. The molecule has 0 aliphatic carbocycles. The first kappa shape index (κ1) is 11.0. The molecular weight excluding hydrogens is 200 g/mol. The first-order valence-corrected chi connectivity index (χ1v) is 6.52. The minimum absolute atomic E-state index is 0.833. The highest BCUT2D eigenvalue weighted by atomic mass is 32.2. The molecule has 0 aliphatic heterocycles. The molecule has 0 saturated heterocycles. The molecular formula is C9H16N2S2.